The number of benzene rings is 2. The number of hydrogen-bond acceptors (Lipinski definition) is 5. The molecule has 1 spiro atoms. The van der Waals surface area contributed by atoms with Crippen LogP contribution in [0.5, 0.6) is 11.5 Å². The number of fused-ring (bicyclic) bond motifs is 3. The van der Waals surface area contributed by atoms with Gasteiger partial charge >= 0.3 is 6.03 Å². The molecule has 2 aromatic rings. The summed E-state index contributed by atoms with van der Waals surface area (Å²) >= 11 is 0. The van der Waals surface area contributed by atoms with E-state index in [4.69, 9.17) is 9.47 Å². The normalized spacial score (nSPS) is 22.0. The molecule has 31 heavy (non-hydrogen) atoms. The maximum atomic E-state index is 13.3. The summed E-state index contributed by atoms with van der Waals surface area (Å²) in [4.78, 5) is 39.6. The minimum Gasteiger partial charge on any atom is -0.490 e. The van der Waals surface area contributed by atoms with Crippen molar-refractivity contribution in [3.63, 3.8) is 0 Å². The number of ether oxygens (including phenoxy) is 2. The van der Waals surface area contributed by atoms with Crippen LogP contribution in [-0.2, 0) is 21.5 Å². The van der Waals surface area contributed by atoms with Crippen molar-refractivity contribution in [2.75, 3.05) is 25.1 Å². The Balaban J connectivity index is 1.32. The summed E-state index contributed by atoms with van der Waals surface area (Å²) in [6.45, 7) is 0.759. The largest absolute Gasteiger partial charge is 0.490 e. The van der Waals surface area contributed by atoms with Crippen LogP contribution in [0.2, 0.25) is 0 Å². The van der Waals surface area contributed by atoms with E-state index in [1.807, 2.05) is 24.3 Å². The van der Waals surface area contributed by atoms with Crippen molar-refractivity contribution in [3.8, 4) is 11.5 Å². The first-order valence-electron chi connectivity index (χ1n) is 10.5. The fraction of sp³-hybridized carbons (Fsp3) is 0.348. The number of nitrogens with zero attached hydrogens (tertiary/aromatic N) is 1. The number of carbonyl (C=O) groups is 3. The van der Waals surface area contributed by atoms with Gasteiger partial charge in [-0.1, -0.05) is 24.3 Å². The van der Waals surface area contributed by atoms with Crippen LogP contribution in [0.3, 0.4) is 0 Å². The Hall–Kier alpha value is -3.55. The van der Waals surface area contributed by atoms with E-state index in [2.05, 4.69) is 10.6 Å². The van der Waals surface area contributed by atoms with Crippen LogP contribution >= 0.6 is 0 Å². The van der Waals surface area contributed by atoms with E-state index >= 15 is 0 Å². The van der Waals surface area contributed by atoms with Gasteiger partial charge in [0.25, 0.3) is 5.91 Å². The fourth-order valence-electron chi connectivity index (χ4n) is 4.54. The molecule has 1 aliphatic carbocycles. The summed E-state index contributed by atoms with van der Waals surface area (Å²) in [5.41, 5.74) is 1.31. The molecule has 2 aliphatic heterocycles. The Labute approximate surface area is 179 Å². The van der Waals surface area contributed by atoms with Gasteiger partial charge in [0, 0.05) is 18.2 Å². The number of hydrogen-bond donors (Lipinski definition) is 2. The van der Waals surface area contributed by atoms with Gasteiger partial charge in [-0.25, -0.2) is 4.79 Å². The summed E-state index contributed by atoms with van der Waals surface area (Å²) < 4.78 is 11.2. The molecule has 5 rings (SSSR count). The van der Waals surface area contributed by atoms with Gasteiger partial charge in [-0.05, 0) is 42.5 Å². The average Bonchev–Trinajstić information content (AvgIpc) is 2.93. The van der Waals surface area contributed by atoms with Crippen molar-refractivity contribution in [2.24, 2.45) is 0 Å². The van der Waals surface area contributed by atoms with E-state index < -0.39 is 17.5 Å². The molecule has 1 unspecified atom stereocenters. The third-order valence-electron chi connectivity index (χ3n) is 5.98. The molecule has 160 valence electrons. The topological polar surface area (TPSA) is 97.0 Å². The monoisotopic (exact) mass is 421 g/mol. The lowest BCUT2D eigenvalue weighted by Crippen LogP contribution is -2.47. The van der Waals surface area contributed by atoms with Crippen LogP contribution < -0.4 is 20.1 Å². The van der Waals surface area contributed by atoms with Crippen molar-refractivity contribution in [3.05, 3.63) is 53.6 Å². The minimum absolute atomic E-state index is 0.358. The van der Waals surface area contributed by atoms with Crippen LogP contribution in [0.4, 0.5) is 10.5 Å². The molecule has 2 aromatic carbocycles. The first-order chi connectivity index (χ1) is 15.1. The molecular formula is C23H23N3O5. The summed E-state index contributed by atoms with van der Waals surface area (Å²) in [5.74, 6) is 0.350. The predicted molar refractivity (Wildman–Crippen MR) is 112 cm³/mol. The van der Waals surface area contributed by atoms with Gasteiger partial charge in [-0.15, -0.1) is 0 Å². The molecule has 0 saturated carbocycles. The smallest absolute Gasteiger partial charge is 0.325 e. The molecule has 1 atom stereocenters. The standard InChI is InChI=1S/C23H23N3O5/c27-20(24-16-8-9-18-19(13-16)31-12-4-11-30-18)14-26-21(28)23(25-22(26)29)10-3-6-15-5-1-2-7-17(15)23/h1-2,5,7-9,13H,3-4,6,10-12,14H2,(H,24,27)(H,25,29). The third kappa shape index (κ3) is 3.37. The van der Waals surface area contributed by atoms with E-state index in [0.717, 1.165) is 35.3 Å². The Morgan fingerprint density at radius 3 is 2.74 bits per heavy atom. The molecule has 3 aliphatic rings. The molecule has 0 radical (unpaired) electrons. The van der Waals surface area contributed by atoms with Crippen molar-refractivity contribution < 1.29 is 23.9 Å². The van der Waals surface area contributed by atoms with Gasteiger partial charge < -0.3 is 20.1 Å². The molecule has 8 heteroatoms. The van der Waals surface area contributed by atoms with Crippen molar-refractivity contribution in [1.29, 1.82) is 0 Å². The number of nitrogens with one attached hydrogen (secondary N) is 2. The molecule has 0 aromatic heterocycles. The van der Waals surface area contributed by atoms with E-state index in [0.29, 0.717) is 36.8 Å². The zero-order chi connectivity index (χ0) is 21.4. The number of amides is 4. The Kier molecular flexibility index (Phi) is 4.77. The second kappa shape index (κ2) is 7.61. The van der Waals surface area contributed by atoms with Gasteiger partial charge in [0.15, 0.2) is 11.5 Å². The predicted octanol–water partition coefficient (Wildman–Crippen LogP) is 2.57. The highest BCUT2D eigenvalue weighted by molar-refractivity contribution is 6.10. The molecule has 2 heterocycles. The van der Waals surface area contributed by atoms with Crippen molar-refractivity contribution >= 4 is 23.5 Å². The highest BCUT2D eigenvalue weighted by Crippen LogP contribution is 2.40. The number of aryl methyl sites for hydroxylation is 1. The third-order valence-corrected chi connectivity index (χ3v) is 5.98. The number of carbonyl (C=O) groups excluding carboxylic acids is 3. The lowest BCUT2D eigenvalue weighted by atomic mass is 9.76. The molecule has 4 amide bonds. The quantitative estimate of drug-likeness (QED) is 0.743. The van der Waals surface area contributed by atoms with E-state index in [-0.39, 0.29) is 12.5 Å². The van der Waals surface area contributed by atoms with Gasteiger partial charge in [-0.3, -0.25) is 14.5 Å². The van der Waals surface area contributed by atoms with Gasteiger partial charge in [-0.2, -0.15) is 0 Å². The van der Waals surface area contributed by atoms with Crippen LogP contribution in [0.25, 0.3) is 0 Å². The average molecular weight is 421 g/mol. The summed E-state index contributed by atoms with van der Waals surface area (Å²) in [5, 5.41) is 5.61. The number of rotatable bonds is 3. The van der Waals surface area contributed by atoms with Crippen LogP contribution in [0, 0.1) is 0 Å². The van der Waals surface area contributed by atoms with E-state index in [9.17, 15) is 14.4 Å². The summed E-state index contributed by atoms with van der Waals surface area (Å²) in [6.07, 6.45) is 2.97. The van der Waals surface area contributed by atoms with E-state index in [1.54, 1.807) is 18.2 Å². The highest BCUT2D eigenvalue weighted by Gasteiger charge is 2.54. The van der Waals surface area contributed by atoms with Crippen LogP contribution in [0.1, 0.15) is 30.4 Å². The summed E-state index contributed by atoms with van der Waals surface area (Å²) in [6, 6.07) is 12.2. The van der Waals surface area contributed by atoms with Crippen LogP contribution in [-0.4, -0.2) is 42.5 Å². The molecule has 0 bridgehead atoms. The number of anilines is 1. The second-order valence-corrected chi connectivity index (χ2v) is 8.00. The Morgan fingerprint density at radius 2 is 1.87 bits per heavy atom. The molecule has 1 fully saturated rings. The van der Waals surface area contributed by atoms with Crippen molar-refractivity contribution in [1.82, 2.24) is 10.2 Å². The number of urea groups is 1. The van der Waals surface area contributed by atoms with Crippen molar-refractivity contribution in [2.45, 2.75) is 31.2 Å². The van der Waals surface area contributed by atoms with Gasteiger partial charge in [0.1, 0.15) is 12.1 Å². The van der Waals surface area contributed by atoms with Gasteiger partial charge in [0.2, 0.25) is 5.91 Å². The van der Waals surface area contributed by atoms with Crippen LogP contribution in [0.15, 0.2) is 42.5 Å². The lowest BCUT2D eigenvalue weighted by molar-refractivity contribution is -0.134. The first-order valence-corrected chi connectivity index (χ1v) is 10.5. The number of imide groups is 1. The lowest BCUT2D eigenvalue weighted by Gasteiger charge is -2.33. The van der Waals surface area contributed by atoms with Gasteiger partial charge in [0.05, 0.1) is 13.2 Å². The highest BCUT2D eigenvalue weighted by atomic mass is 16.5. The summed E-state index contributed by atoms with van der Waals surface area (Å²) in [7, 11) is 0. The zero-order valence-corrected chi connectivity index (χ0v) is 17.0. The second-order valence-electron chi connectivity index (χ2n) is 8.00. The van der Waals surface area contributed by atoms with E-state index in [1.165, 1.54) is 0 Å². The molecule has 1 saturated heterocycles. The molecule has 8 nitrogen and oxygen atoms in total. The Morgan fingerprint density at radius 1 is 1.06 bits per heavy atom. The minimum atomic E-state index is -1.08. The zero-order valence-electron chi connectivity index (χ0n) is 17.0. The maximum Gasteiger partial charge on any atom is 0.325 e. The molecule has 2 N–H and O–H groups in total. The molecular weight excluding hydrogens is 398 g/mol. The SMILES string of the molecule is O=C(CN1C(=O)NC2(CCCc3ccccc32)C1=O)Nc1ccc2c(c1)OCCCO2. The fourth-order valence-corrected chi connectivity index (χ4v) is 4.54. The maximum absolute atomic E-state index is 13.3. The first kappa shape index (κ1) is 19.4. The Bertz CT molecular complexity index is 1070.